The van der Waals surface area contributed by atoms with E-state index in [-0.39, 0.29) is 23.9 Å². The van der Waals surface area contributed by atoms with Gasteiger partial charge in [0.1, 0.15) is 0 Å². The van der Waals surface area contributed by atoms with Gasteiger partial charge in [0.15, 0.2) is 0 Å². The fourth-order valence-electron chi connectivity index (χ4n) is 3.75. The van der Waals surface area contributed by atoms with Gasteiger partial charge in [-0.05, 0) is 51.7 Å². The second-order valence-corrected chi connectivity index (χ2v) is 8.13. The minimum atomic E-state index is 0.0930. The smallest absolute Gasteiger partial charge is 0.256 e. The first-order valence-corrected chi connectivity index (χ1v) is 10.3. The number of rotatable bonds is 7. The third kappa shape index (κ3) is 5.72. The van der Waals surface area contributed by atoms with E-state index in [1.807, 2.05) is 36.1 Å². The highest BCUT2D eigenvalue weighted by Crippen LogP contribution is 2.26. The van der Waals surface area contributed by atoms with Crippen LogP contribution >= 0.6 is 0 Å². The zero-order chi connectivity index (χ0) is 20.0. The predicted molar refractivity (Wildman–Crippen MR) is 111 cm³/mol. The second kappa shape index (κ2) is 9.77. The van der Waals surface area contributed by atoms with E-state index in [0.717, 1.165) is 37.2 Å². The van der Waals surface area contributed by atoms with E-state index in [1.165, 1.54) is 0 Å². The quantitative estimate of drug-likeness (QED) is 0.793. The van der Waals surface area contributed by atoms with Crippen molar-refractivity contribution in [3.63, 3.8) is 0 Å². The number of carbonyl (C=O) groups excluding carboxylic acids is 2. The first kappa shape index (κ1) is 21.3. The largest absolute Gasteiger partial charge is 0.371 e. The van der Waals surface area contributed by atoms with Gasteiger partial charge in [-0.2, -0.15) is 0 Å². The SMILES string of the molecule is CCN(C(=O)c1ccccc1N1CCC(NC(=O)CC(C)C)CC1)C(C)C. The Hall–Kier alpha value is -2.04. The molecule has 1 aliphatic rings. The van der Waals surface area contributed by atoms with E-state index in [1.54, 1.807) is 0 Å². The van der Waals surface area contributed by atoms with Crippen molar-refractivity contribution in [2.75, 3.05) is 24.5 Å². The third-order valence-corrected chi connectivity index (χ3v) is 5.15. The molecule has 1 fully saturated rings. The topological polar surface area (TPSA) is 52.7 Å². The van der Waals surface area contributed by atoms with Crippen LogP contribution in [0.3, 0.4) is 0 Å². The normalized spacial score (nSPS) is 15.3. The van der Waals surface area contributed by atoms with E-state index >= 15 is 0 Å². The molecule has 1 aromatic rings. The van der Waals surface area contributed by atoms with Crippen LogP contribution in [-0.4, -0.2) is 48.4 Å². The summed E-state index contributed by atoms with van der Waals surface area (Å²) in [6.07, 6.45) is 2.40. The summed E-state index contributed by atoms with van der Waals surface area (Å²) in [6, 6.07) is 8.31. The van der Waals surface area contributed by atoms with Crippen LogP contribution in [-0.2, 0) is 4.79 Å². The summed E-state index contributed by atoms with van der Waals surface area (Å²) in [5.74, 6) is 0.621. The van der Waals surface area contributed by atoms with E-state index < -0.39 is 0 Å². The molecule has 0 unspecified atom stereocenters. The summed E-state index contributed by atoms with van der Waals surface area (Å²) >= 11 is 0. The Morgan fingerprint density at radius 3 is 2.33 bits per heavy atom. The lowest BCUT2D eigenvalue weighted by Crippen LogP contribution is -2.45. The minimum absolute atomic E-state index is 0.0930. The Morgan fingerprint density at radius 2 is 1.78 bits per heavy atom. The van der Waals surface area contributed by atoms with E-state index in [4.69, 9.17) is 0 Å². The van der Waals surface area contributed by atoms with Gasteiger partial charge in [0.2, 0.25) is 5.91 Å². The Morgan fingerprint density at radius 1 is 1.15 bits per heavy atom. The number of anilines is 1. The molecular weight excluding hydrogens is 338 g/mol. The molecule has 5 nitrogen and oxygen atoms in total. The van der Waals surface area contributed by atoms with Gasteiger partial charge < -0.3 is 15.1 Å². The molecular formula is C22H35N3O2. The predicted octanol–water partition coefficient (Wildman–Crippen LogP) is 3.69. The molecule has 2 rings (SSSR count). The highest BCUT2D eigenvalue weighted by atomic mass is 16.2. The summed E-state index contributed by atoms with van der Waals surface area (Å²) in [7, 11) is 0. The maximum absolute atomic E-state index is 13.0. The first-order chi connectivity index (χ1) is 12.8. The van der Waals surface area contributed by atoms with Gasteiger partial charge >= 0.3 is 0 Å². The summed E-state index contributed by atoms with van der Waals surface area (Å²) in [4.78, 5) is 29.2. The van der Waals surface area contributed by atoms with Crippen LogP contribution in [0.1, 0.15) is 64.2 Å². The summed E-state index contributed by atoms with van der Waals surface area (Å²) in [5, 5.41) is 3.16. The van der Waals surface area contributed by atoms with Crippen molar-refractivity contribution in [2.45, 2.75) is 66.0 Å². The van der Waals surface area contributed by atoms with Crippen LogP contribution in [0.2, 0.25) is 0 Å². The molecule has 0 aliphatic carbocycles. The lowest BCUT2D eigenvalue weighted by atomic mass is 10.0. The number of hydrogen-bond acceptors (Lipinski definition) is 3. The standard InChI is InChI=1S/C22H35N3O2/c1-6-25(17(4)5)22(27)19-9-7-8-10-20(19)24-13-11-18(12-14-24)23-21(26)15-16(2)3/h7-10,16-18H,6,11-15H2,1-5H3,(H,23,26). The van der Waals surface area contributed by atoms with Crippen LogP contribution in [0.5, 0.6) is 0 Å². The molecule has 27 heavy (non-hydrogen) atoms. The molecule has 0 saturated carbocycles. The third-order valence-electron chi connectivity index (χ3n) is 5.15. The average Bonchev–Trinajstić information content (AvgIpc) is 2.62. The molecule has 0 aromatic heterocycles. The summed E-state index contributed by atoms with van der Waals surface area (Å²) in [5.41, 5.74) is 1.78. The van der Waals surface area contributed by atoms with Crippen molar-refractivity contribution in [2.24, 2.45) is 5.92 Å². The maximum Gasteiger partial charge on any atom is 0.256 e. The number of carbonyl (C=O) groups is 2. The van der Waals surface area contributed by atoms with Crippen molar-refractivity contribution < 1.29 is 9.59 Å². The fraction of sp³-hybridized carbons (Fsp3) is 0.636. The molecule has 0 spiro atoms. The molecule has 1 aliphatic heterocycles. The second-order valence-electron chi connectivity index (χ2n) is 8.13. The van der Waals surface area contributed by atoms with Crippen molar-refractivity contribution in [1.82, 2.24) is 10.2 Å². The number of para-hydroxylation sites is 1. The van der Waals surface area contributed by atoms with Crippen LogP contribution in [0, 0.1) is 5.92 Å². The lowest BCUT2D eigenvalue weighted by Gasteiger charge is -2.36. The van der Waals surface area contributed by atoms with Gasteiger partial charge in [0.25, 0.3) is 5.91 Å². The molecule has 1 saturated heterocycles. The van der Waals surface area contributed by atoms with Crippen LogP contribution in [0.25, 0.3) is 0 Å². The van der Waals surface area contributed by atoms with E-state index in [2.05, 4.69) is 37.9 Å². The Balaban J connectivity index is 2.04. The molecule has 0 radical (unpaired) electrons. The lowest BCUT2D eigenvalue weighted by molar-refractivity contribution is -0.122. The number of benzene rings is 1. The van der Waals surface area contributed by atoms with Crippen molar-refractivity contribution in [3.8, 4) is 0 Å². The Labute approximate surface area is 164 Å². The first-order valence-electron chi connectivity index (χ1n) is 10.3. The van der Waals surface area contributed by atoms with Gasteiger partial charge in [-0.3, -0.25) is 9.59 Å². The van der Waals surface area contributed by atoms with Gasteiger partial charge in [-0.15, -0.1) is 0 Å². The minimum Gasteiger partial charge on any atom is -0.371 e. The monoisotopic (exact) mass is 373 g/mol. The number of piperidine rings is 1. The van der Waals surface area contributed by atoms with E-state index in [0.29, 0.717) is 18.9 Å². The highest BCUT2D eigenvalue weighted by molar-refractivity contribution is 6.00. The fourth-order valence-corrected chi connectivity index (χ4v) is 3.75. The molecule has 1 N–H and O–H groups in total. The molecule has 150 valence electrons. The van der Waals surface area contributed by atoms with Crippen LogP contribution in [0.15, 0.2) is 24.3 Å². The van der Waals surface area contributed by atoms with Gasteiger partial charge in [-0.1, -0.05) is 26.0 Å². The van der Waals surface area contributed by atoms with Crippen molar-refractivity contribution >= 4 is 17.5 Å². The Bertz CT molecular complexity index is 634. The molecule has 0 bridgehead atoms. The highest BCUT2D eigenvalue weighted by Gasteiger charge is 2.26. The van der Waals surface area contributed by atoms with Gasteiger partial charge in [0.05, 0.1) is 5.56 Å². The number of nitrogens with one attached hydrogen (secondary N) is 1. The number of hydrogen-bond donors (Lipinski definition) is 1. The molecule has 0 atom stereocenters. The molecule has 1 heterocycles. The number of amides is 2. The molecule has 2 amide bonds. The zero-order valence-electron chi connectivity index (χ0n) is 17.5. The molecule has 1 aromatic carbocycles. The number of nitrogens with zero attached hydrogens (tertiary/aromatic N) is 2. The van der Waals surface area contributed by atoms with Gasteiger partial charge in [0, 0.05) is 43.8 Å². The van der Waals surface area contributed by atoms with Crippen LogP contribution < -0.4 is 10.2 Å². The molecule has 5 heteroatoms. The van der Waals surface area contributed by atoms with E-state index in [9.17, 15) is 9.59 Å². The van der Waals surface area contributed by atoms with Gasteiger partial charge in [-0.25, -0.2) is 0 Å². The van der Waals surface area contributed by atoms with Crippen molar-refractivity contribution in [3.05, 3.63) is 29.8 Å². The maximum atomic E-state index is 13.0. The average molecular weight is 374 g/mol. The van der Waals surface area contributed by atoms with Crippen LogP contribution in [0.4, 0.5) is 5.69 Å². The Kier molecular flexibility index (Phi) is 7.69. The van der Waals surface area contributed by atoms with Crippen molar-refractivity contribution in [1.29, 1.82) is 0 Å². The summed E-state index contributed by atoms with van der Waals surface area (Å²) in [6.45, 7) is 12.7. The summed E-state index contributed by atoms with van der Waals surface area (Å²) < 4.78 is 0. The zero-order valence-corrected chi connectivity index (χ0v) is 17.5.